The zero-order valence-electron chi connectivity index (χ0n) is 8.85. The summed E-state index contributed by atoms with van der Waals surface area (Å²) in [5, 5.41) is 12.0. The maximum Gasteiger partial charge on any atom is 0.0738 e. The van der Waals surface area contributed by atoms with Crippen LogP contribution in [0.1, 0.15) is 5.69 Å². The van der Waals surface area contributed by atoms with Crippen LogP contribution in [0, 0.1) is 0 Å². The molecule has 0 bridgehead atoms. The average molecular weight is 244 g/mol. The first-order valence-electron chi connectivity index (χ1n) is 5.10. The largest absolute Gasteiger partial charge is 0.310 e. The van der Waals surface area contributed by atoms with Crippen molar-refractivity contribution in [1.82, 2.24) is 20.3 Å². The molecule has 1 unspecified atom stereocenters. The predicted octanol–water partition coefficient (Wildman–Crippen LogP) is 0.753. The minimum absolute atomic E-state index is 0.768. The maximum atomic E-state index is 3.90. The van der Waals surface area contributed by atoms with Crippen LogP contribution in [0.15, 0.2) is 6.20 Å². The van der Waals surface area contributed by atoms with Crippen LogP contribution in [0.5, 0.6) is 0 Å². The van der Waals surface area contributed by atoms with Gasteiger partial charge in [-0.2, -0.15) is 23.5 Å². The molecule has 0 saturated carbocycles. The van der Waals surface area contributed by atoms with Gasteiger partial charge in [-0.15, -0.1) is 5.10 Å². The van der Waals surface area contributed by atoms with Crippen molar-refractivity contribution in [3.05, 3.63) is 11.9 Å². The van der Waals surface area contributed by atoms with Crippen LogP contribution in [0.3, 0.4) is 0 Å². The Balaban J connectivity index is 1.68. The Morgan fingerprint density at radius 1 is 1.60 bits per heavy atom. The minimum Gasteiger partial charge on any atom is -0.310 e. The first kappa shape index (κ1) is 11.3. The Labute approximate surface area is 98.6 Å². The Morgan fingerprint density at radius 2 is 2.53 bits per heavy atom. The average Bonchev–Trinajstić information content (AvgIpc) is 2.66. The zero-order valence-corrected chi connectivity index (χ0v) is 10.5. The molecule has 0 spiro atoms. The van der Waals surface area contributed by atoms with Gasteiger partial charge in [-0.05, 0) is 0 Å². The highest BCUT2D eigenvalue weighted by atomic mass is 32.2. The van der Waals surface area contributed by atoms with E-state index in [0.29, 0.717) is 0 Å². The lowest BCUT2D eigenvalue weighted by molar-refractivity contribution is 0.617. The van der Waals surface area contributed by atoms with Gasteiger partial charge in [0.05, 0.1) is 11.9 Å². The zero-order chi connectivity index (χ0) is 10.5. The Morgan fingerprint density at radius 3 is 3.20 bits per heavy atom. The van der Waals surface area contributed by atoms with E-state index in [0.717, 1.165) is 24.0 Å². The molecule has 1 N–H and O–H groups in total. The highest BCUT2D eigenvalue weighted by Gasteiger charge is 2.13. The molecule has 0 radical (unpaired) electrons. The van der Waals surface area contributed by atoms with Crippen molar-refractivity contribution in [3.63, 3.8) is 0 Å². The lowest BCUT2D eigenvalue weighted by atomic mass is 10.4. The fourth-order valence-electron chi connectivity index (χ4n) is 1.49. The van der Waals surface area contributed by atoms with Crippen molar-refractivity contribution in [2.24, 2.45) is 7.05 Å². The molecule has 0 aliphatic carbocycles. The van der Waals surface area contributed by atoms with E-state index in [-0.39, 0.29) is 0 Å². The van der Waals surface area contributed by atoms with Crippen molar-refractivity contribution in [2.75, 3.05) is 23.8 Å². The summed E-state index contributed by atoms with van der Waals surface area (Å²) in [7, 11) is 1.93. The fraction of sp³-hybridized carbons (Fsp3) is 0.778. The number of nitrogens with one attached hydrogen (secondary N) is 1. The lowest BCUT2D eigenvalue weighted by Crippen LogP contribution is -2.29. The summed E-state index contributed by atoms with van der Waals surface area (Å²) in [5.41, 5.74) is 1.14. The van der Waals surface area contributed by atoms with Crippen LogP contribution >= 0.6 is 23.5 Å². The third kappa shape index (κ3) is 3.39. The number of nitrogens with zero attached hydrogens (tertiary/aromatic N) is 3. The van der Waals surface area contributed by atoms with Crippen LogP contribution in [-0.4, -0.2) is 44.0 Å². The molecule has 0 amide bonds. The SMILES string of the molecule is Cn1nncc1CNCC1CSCCS1. The van der Waals surface area contributed by atoms with E-state index >= 15 is 0 Å². The Bertz CT molecular complexity index is 296. The van der Waals surface area contributed by atoms with E-state index < -0.39 is 0 Å². The molecule has 6 heteroatoms. The second-order valence-corrected chi connectivity index (χ2v) is 6.11. The molecule has 0 aromatic carbocycles. The number of hydrogen-bond donors (Lipinski definition) is 1. The van der Waals surface area contributed by atoms with Crippen molar-refractivity contribution in [2.45, 2.75) is 11.8 Å². The Kier molecular flexibility index (Phi) is 4.34. The maximum absolute atomic E-state index is 3.90. The van der Waals surface area contributed by atoms with Crippen LogP contribution in [0.2, 0.25) is 0 Å². The molecule has 1 aliphatic heterocycles. The molecule has 4 nitrogen and oxygen atoms in total. The van der Waals surface area contributed by atoms with Crippen molar-refractivity contribution in [3.8, 4) is 0 Å². The second-order valence-electron chi connectivity index (χ2n) is 3.55. The minimum atomic E-state index is 0.768. The first-order chi connectivity index (χ1) is 7.36. The van der Waals surface area contributed by atoms with Gasteiger partial charge in [0.25, 0.3) is 0 Å². The van der Waals surface area contributed by atoms with E-state index in [9.17, 15) is 0 Å². The summed E-state index contributed by atoms with van der Waals surface area (Å²) >= 11 is 4.15. The van der Waals surface area contributed by atoms with Gasteiger partial charge in [-0.25, -0.2) is 0 Å². The van der Waals surface area contributed by atoms with E-state index in [4.69, 9.17) is 0 Å². The number of rotatable bonds is 4. The van der Waals surface area contributed by atoms with Crippen LogP contribution < -0.4 is 5.32 Å². The molecule has 1 aromatic heterocycles. The molecule has 1 fully saturated rings. The van der Waals surface area contributed by atoms with Crippen LogP contribution in [0.25, 0.3) is 0 Å². The van der Waals surface area contributed by atoms with Gasteiger partial charge in [0.1, 0.15) is 0 Å². The third-order valence-corrected chi connectivity index (χ3v) is 5.22. The van der Waals surface area contributed by atoms with Crippen molar-refractivity contribution >= 4 is 23.5 Å². The lowest BCUT2D eigenvalue weighted by Gasteiger charge is -2.21. The standard InChI is InChI=1S/C9H16N4S2/c1-13-8(5-11-12-13)4-10-6-9-7-14-2-3-15-9/h5,9-10H,2-4,6-7H2,1H3. The highest BCUT2D eigenvalue weighted by Crippen LogP contribution is 2.23. The molecular formula is C9H16N4S2. The molecule has 1 saturated heterocycles. The summed E-state index contributed by atoms with van der Waals surface area (Å²) in [5.74, 6) is 3.89. The summed E-state index contributed by atoms with van der Waals surface area (Å²) < 4.78 is 1.82. The molecule has 1 aliphatic rings. The normalized spacial score (nSPS) is 21.8. The molecule has 2 rings (SSSR count). The van der Waals surface area contributed by atoms with Crippen molar-refractivity contribution in [1.29, 1.82) is 0 Å². The third-order valence-electron chi connectivity index (χ3n) is 2.37. The van der Waals surface area contributed by atoms with Crippen LogP contribution in [-0.2, 0) is 13.6 Å². The smallest absolute Gasteiger partial charge is 0.0738 e. The fourth-order valence-corrected chi connectivity index (χ4v) is 4.13. The molecule has 84 valence electrons. The van der Waals surface area contributed by atoms with E-state index in [1.807, 2.05) is 17.9 Å². The van der Waals surface area contributed by atoms with E-state index in [1.54, 1.807) is 0 Å². The summed E-state index contributed by atoms with van der Waals surface area (Å²) in [6.07, 6.45) is 1.82. The molecular weight excluding hydrogens is 228 g/mol. The summed E-state index contributed by atoms with van der Waals surface area (Å²) in [6.45, 7) is 1.95. The molecule has 15 heavy (non-hydrogen) atoms. The monoisotopic (exact) mass is 244 g/mol. The Hall–Kier alpha value is -0.200. The first-order valence-corrected chi connectivity index (χ1v) is 7.30. The van der Waals surface area contributed by atoms with Gasteiger partial charge < -0.3 is 5.32 Å². The van der Waals surface area contributed by atoms with Crippen molar-refractivity contribution < 1.29 is 0 Å². The summed E-state index contributed by atoms with van der Waals surface area (Å²) in [6, 6.07) is 0. The topological polar surface area (TPSA) is 42.7 Å². The predicted molar refractivity (Wildman–Crippen MR) is 66.3 cm³/mol. The molecule has 1 aromatic rings. The van der Waals surface area contributed by atoms with Crippen LogP contribution in [0.4, 0.5) is 0 Å². The van der Waals surface area contributed by atoms with Gasteiger partial charge in [0.15, 0.2) is 0 Å². The number of hydrogen-bond acceptors (Lipinski definition) is 5. The second kappa shape index (κ2) is 5.77. The van der Waals surface area contributed by atoms with Gasteiger partial charge in [0.2, 0.25) is 0 Å². The summed E-state index contributed by atoms with van der Waals surface area (Å²) in [4.78, 5) is 0. The number of aromatic nitrogens is 3. The quantitative estimate of drug-likeness (QED) is 0.847. The number of thioether (sulfide) groups is 2. The van der Waals surface area contributed by atoms with E-state index in [2.05, 4.69) is 39.2 Å². The van der Waals surface area contributed by atoms with E-state index in [1.165, 1.54) is 17.3 Å². The highest BCUT2D eigenvalue weighted by molar-refractivity contribution is 8.06. The van der Waals surface area contributed by atoms with Gasteiger partial charge in [0, 0.05) is 42.6 Å². The molecule has 2 heterocycles. The van der Waals surface area contributed by atoms with Gasteiger partial charge in [-0.3, -0.25) is 4.68 Å². The number of aryl methyl sites for hydroxylation is 1. The van der Waals surface area contributed by atoms with Gasteiger partial charge >= 0.3 is 0 Å². The van der Waals surface area contributed by atoms with Gasteiger partial charge in [-0.1, -0.05) is 5.21 Å². The molecule has 1 atom stereocenters.